The maximum absolute atomic E-state index is 10.7. The van der Waals surface area contributed by atoms with Crippen molar-refractivity contribution in [2.45, 2.75) is 0 Å². The van der Waals surface area contributed by atoms with Crippen LogP contribution in [0, 0.1) is 34.0 Å². The zero-order valence-electron chi connectivity index (χ0n) is 76.7. The Morgan fingerprint density at radius 3 is 0.868 bits per heavy atom. The molecule has 670 valence electrons. The lowest BCUT2D eigenvalue weighted by Crippen LogP contribution is -2.02. The zero-order chi connectivity index (χ0) is 95.8. The van der Waals surface area contributed by atoms with Gasteiger partial charge in [-0.15, -0.1) is 22.7 Å². The smallest absolute Gasteiger partial charge is 0.164 e. The second kappa shape index (κ2) is 35.7. The average molecular weight is 1880 g/mol. The van der Waals surface area contributed by atoms with Crippen molar-refractivity contribution < 1.29 is 0 Å². The number of fused-ring (bicyclic) bond motifs is 21. The van der Waals surface area contributed by atoms with Crippen LogP contribution in [-0.2, 0) is 0 Å². The van der Waals surface area contributed by atoms with Gasteiger partial charge < -0.3 is 18.3 Å². The maximum atomic E-state index is 10.7. The first-order valence-corrected chi connectivity index (χ1v) is 48.9. The highest BCUT2D eigenvalue weighted by Crippen LogP contribution is 2.49. The van der Waals surface area contributed by atoms with Crippen LogP contribution in [0.3, 0.4) is 0 Å². The van der Waals surface area contributed by atoms with Crippen molar-refractivity contribution in [3.8, 4) is 143 Å². The standard InChI is InChI=1S/C46H28N6.2C40H23N5S/c47-29-33-28-32(46-49-44(30-14-4-1-5-15-30)48-45(50-46)31-16-6-2-7-17-31)24-26-38(33)52-40-23-13-11-21-37(40)42-41(52)27-25-36-35-20-10-12-22-39(35)51(43(36)42)34-18-8-3-9-19-34;41-24-28-23-27(40-43-38(25-11-3-1-4-12-25)42-39(44-40)26-13-5-2-6-14-26)19-22-33(28)45-34-17-9-7-15-29(34)31-20-21-32-30-16-8-10-18-35(30)46-37(32)36(31)45;41-24-28-23-27(40-43-38(25-11-3-1-4-12-25)42-39(44-40)26-13-5-2-6-14-26)19-21-32(28)45-33-17-9-7-15-29(33)30-20-22-35-36(37(30)45)31-16-8-10-18-34(31)46-35/h1-28H;2*1-23H. The minimum absolute atomic E-state index is 0.507. The van der Waals surface area contributed by atoms with Crippen molar-refractivity contribution in [3.63, 3.8) is 0 Å². The molecule has 0 N–H and O–H groups in total. The molecular weight excluding hydrogens is 1800 g/mol. The van der Waals surface area contributed by atoms with Crippen LogP contribution in [0.2, 0.25) is 0 Å². The van der Waals surface area contributed by atoms with Crippen LogP contribution in [0.4, 0.5) is 0 Å². The predicted molar refractivity (Wildman–Crippen MR) is 586 cm³/mol. The molecule has 0 atom stereocenters. The normalized spacial score (nSPS) is 11.5. The fourth-order valence-electron chi connectivity index (χ4n) is 20.3. The van der Waals surface area contributed by atoms with Crippen molar-refractivity contribution in [1.29, 1.82) is 15.8 Å². The van der Waals surface area contributed by atoms with E-state index in [1.807, 2.05) is 243 Å². The Morgan fingerprint density at radius 2 is 0.465 bits per heavy atom. The van der Waals surface area contributed by atoms with Crippen LogP contribution in [0.1, 0.15) is 16.7 Å². The summed E-state index contributed by atoms with van der Waals surface area (Å²) in [6.07, 6.45) is 0. The number of thiophene rings is 2. The zero-order valence-corrected chi connectivity index (χ0v) is 78.3. The fourth-order valence-corrected chi connectivity index (χ4v) is 22.7. The molecule has 0 bridgehead atoms. The van der Waals surface area contributed by atoms with E-state index in [2.05, 4.69) is 243 Å². The summed E-state index contributed by atoms with van der Waals surface area (Å²) in [6, 6.07) is 160. The van der Waals surface area contributed by atoms with Gasteiger partial charge in [-0.1, -0.05) is 334 Å². The Labute approximate surface area is 832 Å². The minimum atomic E-state index is 0.507. The highest BCUT2D eigenvalue weighted by molar-refractivity contribution is 7.27. The maximum Gasteiger partial charge on any atom is 0.164 e. The SMILES string of the molecule is N#Cc1cc(-c2nc(-c3ccccc3)nc(-c3ccccc3)n2)ccc1-n1c2ccccc2c2c1ccc1c3ccccc3n(-c3ccccc3)c12.N#Cc1cc(-c2nc(-c3ccccc3)nc(-c3ccccc3)n2)ccc1-n1c2ccccc2c2ccc3c4ccccc4sc3c21.N#Cc1cc(-c2nc(-c3ccccc3)nc(-c3ccccc3)n2)ccc1-n1c2ccccc2c2ccc3sc4ccccc4c3c21. The highest BCUT2D eigenvalue weighted by atomic mass is 32.1. The molecule has 0 unspecified atom stereocenters. The van der Waals surface area contributed by atoms with Crippen molar-refractivity contribution in [1.82, 2.24) is 63.1 Å². The minimum Gasteiger partial charge on any atom is -0.309 e. The number of rotatable bonds is 13. The molecule has 9 heterocycles. The summed E-state index contributed by atoms with van der Waals surface area (Å²) in [6.45, 7) is 0. The summed E-state index contributed by atoms with van der Waals surface area (Å²) < 4.78 is 14.0. The summed E-state index contributed by atoms with van der Waals surface area (Å²) in [5.41, 5.74) is 21.5. The lowest BCUT2D eigenvalue weighted by molar-refractivity contribution is 1.07. The Balaban J connectivity index is 0.000000110. The van der Waals surface area contributed by atoms with Crippen LogP contribution in [0.5, 0.6) is 0 Å². The van der Waals surface area contributed by atoms with Gasteiger partial charge in [0.15, 0.2) is 52.4 Å². The molecule has 0 saturated heterocycles. The number of para-hydroxylation sites is 5. The van der Waals surface area contributed by atoms with E-state index in [0.717, 1.165) is 144 Å². The van der Waals surface area contributed by atoms with Gasteiger partial charge in [0.2, 0.25) is 0 Å². The number of nitrogens with zero attached hydrogens (tertiary/aromatic N) is 16. The molecular formula is C126H74N16S2. The van der Waals surface area contributed by atoms with Gasteiger partial charge in [0.25, 0.3) is 0 Å². The van der Waals surface area contributed by atoms with Crippen LogP contribution >= 0.6 is 22.7 Å². The third kappa shape index (κ3) is 14.7. The molecule has 0 saturated carbocycles. The first kappa shape index (κ1) is 84.8. The van der Waals surface area contributed by atoms with Crippen molar-refractivity contribution >= 4 is 150 Å². The Morgan fingerprint density at radius 1 is 0.181 bits per heavy atom. The summed E-state index contributed by atoms with van der Waals surface area (Å²) in [4.78, 5) is 43.9. The number of hydrogen-bond donors (Lipinski definition) is 0. The van der Waals surface area contributed by atoms with Crippen LogP contribution in [0.15, 0.2) is 449 Å². The summed E-state index contributed by atoms with van der Waals surface area (Å²) in [5.74, 6) is 5.03. The quantitative estimate of drug-likeness (QED) is 0.106. The van der Waals surface area contributed by atoms with Gasteiger partial charge in [0, 0.05) is 134 Å². The molecule has 144 heavy (non-hydrogen) atoms. The molecule has 9 aromatic heterocycles. The van der Waals surface area contributed by atoms with E-state index in [4.69, 9.17) is 44.9 Å². The van der Waals surface area contributed by atoms with E-state index in [9.17, 15) is 15.8 Å². The lowest BCUT2D eigenvalue weighted by Gasteiger charge is -2.13. The van der Waals surface area contributed by atoms with Crippen LogP contribution < -0.4 is 0 Å². The van der Waals surface area contributed by atoms with Crippen molar-refractivity contribution in [2.75, 3.05) is 0 Å². The van der Waals surface area contributed by atoms with Gasteiger partial charge in [-0.05, 0) is 115 Å². The largest absolute Gasteiger partial charge is 0.309 e. The molecule has 16 nitrogen and oxygen atoms in total. The topological polar surface area (TPSA) is 207 Å². The molecule has 18 heteroatoms. The molecule has 0 amide bonds. The van der Waals surface area contributed by atoms with E-state index >= 15 is 0 Å². The molecule has 0 spiro atoms. The van der Waals surface area contributed by atoms with Crippen LogP contribution in [-0.4, -0.2) is 63.1 Å². The molecule has 19 aromatic carbocycles. The van der Waals surface area contributed by atoms with Gasteiger partial charge in [-0.2, -0.15) is 15.8 Å². The fraction of sp³-hybridized carbons (Fsp3) is 0. The lowest BCUT2D eigenvalue weighted by atomic mass is 10.1. The van der Waals surface area contributed by atoms with E-state index in [1.54, 1.807) is 22.7 Å². The first-order valence-electron chi connectivity index (χ1n) is 47.2. The van der Waals surface area contributed by atoms with Crippen molar-refractivity contribution in [3.05, 3.63) is 466 Å². The molecule has 0 aliphatic heterocycles. The van der Waals surface area contributed by atoms with E-state index in [0.29, 0.717) is 69.1 Å². The van der Waals surface area contributed by atoms with Gasteiger partial charge in [0.1, 0.15) is 18.2 Å². The first-order chi connectivity index (χ1) is 71.3. The molecule has 0 aliphatic rings. The Kier molecular flexibility index (Phi) is 21.0. The van der Waals surface area contributed by atoms with Crippen molar-refractivity contribution in [2.24, 2.45) is 0 Å². The molecule has 28 rings (SSSR count). The second-order valence-electron chi connectivity index (χ2n) is 35.1. The highest BCUT2D eigenvalue weighted by Gasteiger charge is 2.28. The monoisotopic (exact) mass is 1870 g/mol. The summed E-state index contributed by atoms with van der Waals surface area (Å²) >= 11 is 3.60. The van der Waals surface area contributed by atoms with E-state index in [1.165, 1.54) is 56.5 Å². The second-order valence-corrected chi connectivity index (χ2v) is 37.3. The molecule has 0 radical (unpaired) electrons. The molecule has 0 aliphatic carbocycles. The number of hydrogen-bond acceptors (Lipinski definition) is 14. The Hall–Kier alpha value is -19.7. The summed E-state index contributed by atoms with van der Waals surface area (Å²) in [7, 11) is 0. The van der Waals surface area contributed by atoms with Gasteiger partial charge in [-0.3, -0.25) is 0 Å². The van der Waals surface area contributed by atoms with Crippen LogP contribution in [0.25, 0.3) is 253 Å². The predicted octanol–water partition coefficient (Wildman–Crippen LogP) is 31.4. The van der Waals surface area contributed by atoms with E-state index in [-0.39, 0.29) is 0 Å². The Bertz CT molecular complexity index is 9960. The third-order valence-electron chi connectivity index (χ3n) is 26.8. The molecule has 0 fully saturated rings. The third-order valence-corrected chi connectivity index (χ3v) is 29.1. The number of benzene rings is 19. The average Bonchev–Trinajstić information content (AvgIpc) is 1.52. The number of nitriles is 3. The van der Waals surface area contributed by atoms with Gasteiger partial charge in [-0.25, -0.2) is 44.9 Å². The van der Waals surface area contributed by atoms with Gasteiger partial charge >= 0.3 is 0 Å². The molecule has 28 aromatic rings. The van der Waals surface area contributed by atoms with Gasteiger partial charge in [0.05, 0.1) is 82.6 Å². The van der Waals surface area contributed by atoms with E-state index < -0.39 is 0 Å². The number of aromatic nitrogens is 13. The summed E-state index contributed by atoms with van der Waals surface area (Å²) in [5, 5.41) is 46.2.